The number of amides is 1. The van der Waals surface area contributed by atoms with Gasteiger partial charge in [-0.2, -0.15) is 0 Å². The van der Waals surface area contributed by atoms with Gasteiger partial charge in [0.05, 0.1) is 5.56 Å². The lowest BCUT2D eigenvalue weighted by molar-refractivity contribution is 0.0761. The maximum absolute atomic E-state index is 12.5. The molecule has 0 unspecified atom stereocenters. The molecule has 1 aliphatic rings. The monoisotopic (exact) mass is 276 g/mol. The second-order valence-electron chi connectivity index (χ2n) is 5.38. The summed E-state index contributed by atoms with van der Waals surface area (Å²) in [5.41, 5.74) is 0.681. The largest absolute Gasteiger partial charge is 0.363 e. The van der Waals surface area contributed by atoms with Gasteiger partial charge in [0.25, 0.3) is 5.91 Å². The van der Waals surface area contributed by atoms with Gasteiger partial charge < -0.3 is 14.7 Å². The van der Waals surface area contributed by atoms with Gasteiger partial charge >= 0.3 is 0 Å². The molecule has 2 heterocycles. The van der Waals surface area contributed by atoms with Crippen molar-refractivity contribution >= 4 is 11.7 Å². The molecule has 0 aliphatic carbocycles. The molecule has 2 rings (SSSR count). The number of hydrogen-bond donors (Lipinski definition) is 0. The van der Waals surface area contributed by atoms with E-state index >= 15 is 0 Å². The highest BCUT2D eigenvalue weighted by Gasteiger charge is 2.19. The van der Waals surface area contributed by atoms with Crippen molar-refractivity contribution in [3.63, 3.8) is 0 Å². The normalized spacial score (nSPS) is 16.9. The Morgan fingerprint density at radius 1 is 1.25 bits per heavy atom. The number of anilines is 1. The van der Waals surface area contributed by atoms with Crippen molar-refractivity contribution in [2.45, 2.75) is 13.3 Å². The third kappa shape index (κ3) is 3.48. The Hall–Kier alpha value is -1.62. The van der Waals surface area contributed by atoms with E-state index in [1.165, 1.54) is 0 Å². The summed E-state index contributed by atoms with van der Waals surface area (Å²) in [6.45, 7) is 6.92. The van der Waals surface area contributed by atoms with Crippen LogP contribution in [0.5, 0.6) is 0 Å². The van der Waals surface area contributed by atoms with Gasteiger partial charge in [-0.1, -0.05) is 6.92 Å². The molecule has 0 N–H and O–H groups in total. The van der Waals surface area contributed by atoms with Gasteiger partial charge in [-0.15, -0.1) is 0 Å². The number of carbonyl (C=O) groups is 1. The number of rotatable bonds is 3. The van der Waals surface area contributed by atoms with Gasteiger partial charge in [0, 0.05) is 39.9 Å². The minimum Gasteiger partial charge on any atom is -0.363 e. The highest BCUT2D eigenvalue weighted by Crippen LogP contribution is 2.12. The molecule has 1 aromatic heterocycles. The standard InChI is InChI=1S/C15H24N4O/c1-4-18-8-5-9-19(11-10-18)15(20)13-6-7-14(16-12-13)17(2)3/h6-7,12H,4-5,8-11H2,1-3H3. The molecule has 0 aromatic carbocycles. The summed E-state index contributed by atoms with van der Waals surface area (Å²) in [5, 5.41) is 0. The Balaban J connectivity index is 2.03. The summed E-state index contributed by atoms with van der Waals surface area (Å²) >= 11 is 0. The summed E-state index contributed by atoms with van der Waals surface area (Å²) < 4.78 is 0. The minimum atomic E-state index is 0.0979. The predicted molar refractivity (Wildman–Crippen MR) is 81.2 cm³/mol. The second kappa shape index (κ2) is 6.70. The Bertz CT molecular complexity index is 444. The first-order valence-corrected chi connectivity index (χ1v) is 7.27. The van der Waals surface area contributed by atoms with Crippen LogP contribution in [0.2, 0.25) is 0 Å². The number of hydrogen-bond acceptors (Lipinski definition) is 4. The Morgan fingerprint density at radius 3 is 2.65 bits per heavy atom. The third-order valence-electron chi connectivity index (χ3n) is 3.78. The zero-order valence-corrected chi connectivity index (χ0v) is 12.7. The van der Waals surface area contributed by atoms with E-state index in [1.54, 1.807) is 6.20 Å². The van der Waals surface area contributed by atoms with E-state index in [0.29, 0.717) is 5.56 Å². The molecule has 0 atom stereocenters. The van der Waals surface area contributed by atoms with Crippen LogP contribution in [0.4, 0.5) is 5.82 Å². The van der Waals surface area contributed by atoms with Gasteiger partial charge in [0.1, 0.15) is 5.82 Å². The average Bonchev–Trinajstić information content (AvgIpc) is 2.72. The number of carbonyl (C=O) groups excluding carboxylic acids is 1. The van der Waals surface area contributed by atoms with Crippen LogP contribution in [0.3, 0.4) is 0 Å². The lowest BCUT2D eigenvalue weighted by Gasteiger charge is -2.21. The molecule has 20 heavy (non-hydrogen) atoms. The molecule has 1 saturated heterocycles. The smallest absolute Gasteiger partial charge is 0.255 e. The van der Waals surface area contributed by atoms with E-state index in [9.17, 15) is 4.79 Å². The summed E-state index contributed by atoms with van der Waals surface area (Å²) in [6.07, 6.45) is 2.73. The van der Waals surface area contributed by atoms with Crippen molar-refractivity contribution in [3.8, 4) is 0 Å². The molecule has 0 spiro atoms. The maximum Gasteiger partial charge on any atom is 0.255 e. The topological polar surface area (TPSA) is 39.7 Å². The zero-order valence-electron chi connectivity index (χ0n) is 12.7. The first kappa shape index (κ1) is 14.8. The zero-order chi connectivity index (χ0) is 14.5. The first-order chi connectivity index (χ1) is 9.61. The molecule has 5 heteroatoms. The summed E-state index contributed by atoms with van der Waals surface area (Å²) in [6, 6.07) is 3.76. The highest BCUT2D eigenvalue weighted by atomic mass is 16.2. The average molecular weight is 276 g/mol. The van der Waals surface area contributed by atoms with E-state index in [-0.39, 0.29) is 5.91 Å². The Morgan fingerprint density at radius 2 is 2.05 bits per heavy atom. The van der Waals surface area contributed by atoms with Crippen LogP contribution < -0.4 is 4.90 Å². The third-order valence-corrected chi connectivity index (χ3v) is 3.78. The number of aromatic nitrogens is 1. The van der Waals surface area contributed by atoms with Gasteiger partial charge in [0.2, 0.25) is 0 Å². The van der Waals surface area contributed by atoms with E-state index < -0.39 is 0 Å². The predicted octanol–water partition coefficient (Wildman–Crippen LogP) is 1.32. The molecule has 5 nitrogen and oxygen atoms in total. The van der Waals surface area contributed by atoms with Gasteiger partial charge in [-0.05, 0) is 31.6 Å². The first-order valence-electron chi connectivity index (χ1n) is 7.27. The van der Waals surface area contributed by atoms with Crippen molar-refractivity contribution in [2.75, 3.05) is 51.7 Å². The summed E-state index contributed by atoms with van der Waals surface area (Å²) in [5.74, 6) is 0.968. The van der Waals surface area contributed by atoms with Gasteiger partial charge in [-0.3, -0.25) is 4.79 Å². The van der Waals surface area contributed by atoms with Crippen molar-refractivity contribution in [3.05, 3.63) is 23.9 Å². The van der Waals surface area contributed by atoms with Crippen molar-refractivity contribution < 1.29 is 4.79 Å². The number of nitrogens with zero attached hydrogens (tertiary/aromatic N) is 4. The van der Waals surface area contributed by atoms with E-state index in [4.69, 9.17) is 0 Å². The van der Waals surface area contributed by atoms with Crippen molar-refractivity contribution in [2.24, 2.45) is 0 Å². The van der Waals surface area contributed by atoms with Crippen LogP contribution in [0.25, 0.3) is 0 Å². The molecule has 1 aromatic rings. The fourth-order valence-electron chi connectivity index (χ4n) is 2.45. The molecular weight excluding hydrogens is 252 g/mol. The lowest BCUT2D eigenvalue weighted by atomic mass is 10.2. The van der Waals surface area contributed by atoms with Crippen LogP contribution in [-0.4, -0.2) is 67.5 Å². The Kier molecular flexibility index (Phi) is 4.95. The molecule has 0 saturated carbocycles. The highest BCUT2D eigenvalue weighted by molar-refractivity contribution is 5.94. The van der Waals surface area contributed by atoms with Crippen molar-refractivity contribution in [1.29, 1.82) is 0 Å². The maximum atomic E-state index is 12.5. The molecule has 0 bridgehead atoms. The summed E-state index contributed by atoms with van der Waals surface area (Å²) in [4.78, 5) is 23.1. The van der Waals surface area contributed by atoms with E-state index in [0.717, 1.165) is 45.0 Å². The number of likely N-dealkylation sites (N-methyl/N-ethyl adjacent to an activating group) is 1. The molecule has 1 fully saturated rings. The van der Waals surface area contributed by atoms with Crippen LogP contribution in [-0.2, 0) is 0 Å². The van der Waals surface area contributed by atoms with Crippen LogP contribution in [0.15, 0.2) is 18.3 Å². The van der Waals surface area contributed by atoms with E-state index in [1.807, 2.05) is 36.0 Å². The van der Waals surface area contributed by atoms with Crippen LogP contribution in [0.1, 0.15) is 23.7 Å². The van der Waals surface area contributed by atoms with Gasteiger partial charge in [0.15, 0.2) is 0 Å². The SMILES string of the molecule is CCN1CCCN(C(=O)c2ccc(N(C)C)nc2)CC1. The second-order valence-corrected chi connectivity index (χ2v) is 5.38. The summed E-state index contributed by atoms with van der Waals surface area (Å²) in [7, 11) is 3.88. The molecule has 110 valence electrons. The van der Waals surface area contributed by atoms with Crippen LogP contribution >= 0.6 is 0 Å². The minimum absolute atomic E-state index is 0.0979. The fraction of sp³-hybridized carbons (Fsp3) is 0.600. The number of pyridine rings is 1. The molecule has 1 amide bonds. The molecule has 1 aliphatic heterocycles. The van der Waals surface area contributed by atoms with Crippen LogP contribution in [0, 0.1) is 0 Å². The molecular formula is C15H24N4O. The molecule has 0 radical (unpaired) electrons. The lowest BCUT2D eigenvalue weighted by Crippen LogP contribution is -2.35. The van der Waals surface area contributed by atoms with E-state index in [2.05, 4.69) is 16.8 Å². The quantitative estimate of drug-likeness (QED) is 0.834. The Labute approximate surface area is 121 Å². The van der Waals surface area contributed by atoms with Crippen molar-refractivity contribution in [1.82, 2.24) is 14.8 Å². The fourth-order valence-corrected chi connectivity index (χ4v) is 2.45. The van der Waals surface area contributed by atoms with Gasteiger partial charge in [-0.25, -0.2) is 4.98 Å².